The van der Waals surface area contributed by atoms with E-state index in [1.54, 1.807) is 16.8 Å². The van der Waals surface area contributed by atoms with E-state index < -0.39 is 5.97 Å². The number of amides is 1. The van der Waals surface area contributed by atoms with Crippen molar-refractivity contribution in [3.8, 4) is 16.9 Å². The molecule has 5 aromatic rings. The van der Waals surface area contributed by atoms with Crippen LogP contribution in [0.1, 0.15) is 68.1 Å². The van der Waals surface area contributed by atoms with Gasteiger partial charge in [-0.05, 0) is 103 Å². The number of fused-ring (bicyclic) bond motifs is 1. The third kappa shape index (κ3) is 7.06. The first kappa shape index (κ1) is 33.8. The predicted molar refractivity (Wildman–Crippen MR) is 193 cm³/mol. The number of rotatable bonds is 12. The zero-order chi connectivity index (χ0) is 34.8. The second-order valence-electron chi connectivity index (χ2n) is 12.8. The molecule has 0 aliphatic heterocycles. The zero-order valence-corrected chi connectivity index (χ0v) is 29.3. The predicted octanol–water partition coefficient (Wildman–Crippen LogP) is 8.01. The zero-order valence-electron chi connectivity index (χ0n) is 28.6. The van der Waals surface area contributed by atoms with Crippen molar-refractivity contribution in [1.29, 1.82) is 0 Å². The van der Waals surface area contributed by atoms with Gasteiger partial charge in [-0.25, -0.2) is 4.79 Å². The van der Waals surface area contributed by atoms with Crippen LogP contribution in [0.25, 0.3) is 16.7 Å². The molecule has 0 fully saturated rings. The van der Waals surface area contributed by atoms with E-state index in [0.29, 0.717) is 32.4 Å². The van der Waals surface area contributed by atoms with Crippen molar-refractivity contribution in [1.82, 2.24) is 19.7 Å². The molecule has 0 saturated heterocycles. The van der Waals surface area contributed by atoms with Crippen LogP contribution in [0, 0.1) is 27.7 Å². The normalized spacial score (nSPS) is 12.4. The maximum absolute atomic E-state index is 14.0. The van der Waals surface area contributed by atoms with Crippen LogP contribution >= 0.6 is 11.6 Å². The molecule has 0 spiro atoms. The summed E-state index contributed by atoms with van der Waals surface area (Å²) in [5.41, 5.74) is 12.0. The number of hydrogen-bond acceptors (Lipinski definition) is 4. The van der Waals surface area contributed by atoms with Gasteiger partial charge in [0.15, 0.2) is 0 Å². The minimum Gasteiger partial charge on any atom is -0.494 e. The summed E-state index contributed by atoms with van der Waals surface area (Å²) in [6.45, 7) is 9.15. The molecule has 6 rings (SSSR count). The Hall–Kier alpha value is -5.08. The van der Waals surface area contributed by atoms with E-state index in [0.717, 1.165) is 77.8 Å². The van der Waals surface area contributed by atoms with E-state index >= 15 is 0 Å². The number of aromatic nitrogens is 3. The number of carboxylic acids is 1. The molecule has 0 bridgehead atoms. The van der Waals surface area contributed by atoms with E-state index in [9.17, 15) is 14.7 Å². The van der Waals surface area contributed by atoms with Gasteiger partial charge in [0, 0.05) is 54.6 Å². The molecule has 252 valence electrons. The third-order valence-electron chi connectivity index (χ3n) is 9.34. The molecular formula is C40H41ClN4O4. The number of ether oxygens (including phenoxy) is 1. The fourth-order valence-electron chi connectivity index (χ4n) is 6.88. The van der Waals surface area contributed by atoms with Gasteiger partial charge >= 0.3 is 5.97 Å². The van der Waals surface area contributed by atoms with Crippen molar-refractivity contribution >= 4 is 29.1 Å². The summed E-state index contributed by atoms with van der Waals surface area (Å²) in [6.07, 6.45) is 3.67. The van der Waals surface area contributed by atoms with Crippen molar-refractivity contribution in [3.63, 3.8) is 0 Å². The Morgan fingerprint density at radius 1 is 0.959 bits per heavy atom. The quantitative estimate of drug-likeness (QED) is 0.131. The summed E-state index contributed by atoms with van der Waals surface area (Å²) in [4.78, 5) is 26.1. The molecular weight excluding hydrogens is 636 g/mol. The van der Waals surface area contributed by atoms with E-state index in [1.807, 2.05) is 75.0 Å². The molecule has 2 aromatic heterocycles. The highest BCUT2D eigenvalue weighted by molar-refractivity contribution is 6.32. The molecule has 8 nitrogen and oxygen atoms in total. The smallest absolute Gasteiger partial charge is 0.352 e. The highest BCUT2D eigenvalue weighted by Crippen LogP contribution is 2.42. The molecule has 0 atom stereocenters. The molecule has 9 heteroatoms. The van der Waals surface area contributed by atoms with E-state index in [2.05, 4.69) is 35.5 Å². The number of carboxylic acid groups (broad SMARTS) is 1. The first-order chi connectivity index (χ1) is 23.5. The van der Waals surface area contributed by atoms with Crippen LogP contribution < -0.4 is 10.1 Å². The standard InChI is InChI=1S/C40H41ClN4O4/c1-24-17-30(18-25(2)38(24)41)49-16-10-15-32-31-13-9-14-33(37-26(3)43-44(5)27(37)4)34(31)20-35(32)39(46)42-21-29-19-36(40(47)48)45(23-29)22-28-11-7-6-8-12-28/h6-9,11-14,17-19,23H,10,15-16,20-22H2,1-5H3,(H,42,46)(H,47,48). The Kier molecular flexibility index (Phi) is 9.79. The molecule has 1 aliphatic carbocycles. The van der Waals surface area contributed by atoms with Crippen molar-refractivity contribution in [2.45, 2.75) is 60.0 Å². The maximum Gasteiger partial charge on any atom is 0.352 e. The summed E-state index contributed by atoms with van der Waals surface area (Å²) in [7, 11) is 1.95. The van der Waals surface area contributed by atoms with Crippen LogP contribution in [0.3, 0.4) is 0 Å². The number of carbonyl (C=O) groups excluding carboxylic acids is 1. The number of allylic oxidation sites excluding steroid dienone is 1. The number of nitrogens with zero attached hydrogens (tertiary/aromatic N) is 3. The Labute approximate surface area is 292 Å². The van der Waals surface area contributed by atoms with Gasteiger partial charge < -0.3 is 19.7 Å². The second-order valence-corrected chi connectivity index (χ2v) is 13.2. The molecule has 3 aromatic carbocycles. The number of nitrogens with one attached hydrogen (secondary N) is 1. The first-order valence-corrected chi connectivity index (χ1v) is 16.9. The fraction of sp³-hybridized carbons (Fsp3) is 0.275. The lowest BCUT2D eigenvalue weighted by molar-refractivity contribution is -0.117. The molecule has 1 amide bonds. The van der Waals surface area contributed by atoms with Crippen molar-refractivity contribution < 1.29 is 19.4 Å². The second kappa shape index (κ2) is 14.2. The lowest BCUT2D eigenvalue weighted by Crippen LogP contribution is -2.25. The summed E-state index contributed by atoms with van der Waals surface area (Å²) in [6, 6.07) is 21.5. The van der Waals surface area contributed by atoms with Gasteiger partial charge in [-0.2, -0.15) is 5.10 Å². The number of carbonyl (C=O) groups is 2. The molecule has 1 aliphatic rings. The molecule has 0 radical (unpaired) electrons. The molecule has 0 saturated carbocycles. The third-order valence-corrected chi connectivity index (χ3v) is 9.94. The summed E-state index contributed by atoms with van der Waals surface area (Å²) >= 11 is 6.36. The van der Waals surface area contributed by atoms with Crippen molar-refractivity contribution in [2.75, 3.05) is 6.61 Å². The minimum absolute atomic E-state index is 0.158. The van der Waals surface area contributed by atoms with Crippen molar-refractivity contribution in [3.05, 3.63) is 134 Å². The fourth-order valence-corrected chi connectivity index (χ4v) is 6.99. The number of aromatic carboxylic acids is 1. The Morgan fingerprint density at radius 2 is 1.67 bits per heavy atom. The lowest BCUT2D eigenvalue weighted by Gasteiger charge is -2.13. The van der Waals surface area contributed by atoms with Crippen LogP contribution in [-0.4, -0.2) is 37.9 Å². The van der Waals surface area contributed by atoms with Crippen molar-refractivity contribution in [2.24, 2.45) is 7.05 Å². The van der Waals surface area contributed by atoms with Gasteiger partial charge in [0.1, 0.15) is 11.4 Å². The first-order valence-electron chi connectivity index (χ1n) is 16.5. The Bertz CT molecular complexity index is 2070. The SMILES string of the molecule is Cc1cc(OCCCC2=C(C(=O)NCc3cc(C(=O)O)n(Cc4ccccc4)c3)Cc3c2cccc3-c2c(C)nn(C)c2C)cc(C)c1Cl. The molecule has 49 heavy (non-hydrogen) atoms. The van der Waals surface area contributed by atoms with Crippen LogP contribution in [0.15, 0.2) is 78.5 Å². The van der Waals surface area contributed by atoms with E-state index in [-0.39, 0.29) is 18.1 Å². The van der Waals surface area contributed by atoms with Crippen LogP contribution in [0.2, 0.25) is 5.02 Å². The lowest BCUT2D eigenvalue weighted by atomic mass is 9.93. The number of hydrogen-bond donors (Lipinski definition) is 2. The molecule has 0 unspecified atom stereocenters. The average molecular weight is 677 g/mol. The molecule has 2 N–H and O–H groups in total. The van der Waals surface area contributed by atoms with Gasteiger partial charge in [-0.3, -0.25) is 9.48 Å². The van der Waals surface area contributed by atoms with Crippen LogP contribution in [-0.2, 0) is 31.4 Å². The highest BCUT2D eigenvalue weighted by atomic mass is 35.5. The Morgan fingerprint density at radius 3 is 2.35 bits per heavy atom. The van der Waals surface area contributed by atoms with Gasteiger partial charge in [0.25, 0.3) is 0 Å². The van der Waals surface area contributed by atoms with Gasteiger partial charge in [0.2, 0.25) is 5.91 Å². The number of aryl methyl sites for hydroxylation is 4. The van der Waals surface area contributed by atoms with E-state index in [1.165, 1.54) is 0 Å². The number of benzene rings is 3. The summed E-state index contributed by atoms with van der Waals surface area (Å²) < 4.78 is 9.74. The largest absolute Gasteiger partial charge is 0.494 e. The number of halogens is 1. The van der Waals surface area contributed by atoms with Gasteiger partial charge in [0.05, 0.1) is 12.3 Å². The topological polar surface area (TPSA) is 98.4 Å². The Balaban J connectivity index is 1.25. The van der Waals surface area contributed by atoms with Crippen LogP contribution in [0.5, 0.6) is 5.75 Å². The maximum atomic E-state index is 14.0. The average Bonchev–Trinajstić information content (AvgIpc) is 3.73. The van der Waals surface area contributed by atoms with Crippen LogP contribution in [0.4, 0.5) is 0 Å². The molecule has 2 heterocycles. The van der Waals surface area contributed by atoms with Gasteiger partial charge in [-0.15, -0.1) is 0 Å². The van der Waals surface area contributed by atoms with Gasteiger partial charge in [-0.1, -0.05) is 60.1 Å². The van der Waals surface area contributed by atoms with E-state index in [4.69, 9.17) is 16.3 Å². The summed E-state index contributed by atoms with van der Waals surface area (Å²) in [5, 5.41) is 18.4. The highest BCUT2D eigenvalue weighted by Gasteiger charge is 2.29. The monoisotopic (exact) mass is 676 g/mol. The summed E-state index contributed by atoms with van der Waals surface area (Å²) in [5.74, 6) is -0.387. The minimum atomic E-state index is -1.01.